The monoisotopic (exact) mass is 234 g/mol. The maximum Gasteiger partial charge on any atom is 0.179 e. The summed E-state index contributed by atoms with van der Waals surface area (Å²) in [6, 6.07) is 5.10. The molecule has 0 aromatic heterocycles. The molecule has 78 valence electrons. The molecule has 1 rings (SSSR count). The molecule has 0 radical (unpaired) electrons. The smallest absolute Gasteiger partial charge is 0.179 e. The highest BCUT2D eigenvalue weighted by Crippen LogP contribution is 2.13. The van der Waals surface area contributed by atoms with Crippen molar-refractivity contribution in [2.45, 2.75) is 4.90 Å². The molecule has 0 spiro atoms. The van der Waals surface area contributed by atoms with Crippen LogP contribution in [0.4, 0.5) is 4.39 Å². The minimum absolute atomic E-state index is 0.0532. The van der Waals surface area contributed by atoms with Crippen LogP contribution in [0, 0.1) is 5.82 Å². The predicted octanol–water partition coefficient (Wildman–Crippen LogP) is 1.96. The molecule has 2 nitrogen and oxygen atoms in total. The summed E-state index contributed by atoms with van der Waals surface area (Å²) in [7, 11) is -3.31. The van der Waals surface area contributed by atoms with Crippen molar-refractivity contribution < 1.29 is 12.8 Å². The second kappa shape index (κ2) is 4.79. The fourth-order valence-electron chi connectivity index (χ4n) is 0.971. The van der Waals surface area contributed by atoms with E-state index in [-0.39, 0.29) is 10.6 Å². The molecular formula is C9H11FO2S2. The Morgan fingerprint density at radius 3 is 2.71 bits per heavy atom. The molecule has 0 aliphatic carbocycles. The van der Waals surface area contributed by atoms with Crippen LogP contribution in [0.15, 0.2) is 29.2 Å². The highest BCUT2D eigenvalue weighted by Gasteiger charge is 2.13. The number of halogens is 1. The number of hydrogen-bond acceptors (Lipinski definition) is 3. The van der Waals surface area contributed by atoms with E-state index in [1.165, 1.54) is 30.0 Å². The van der Waals surface area contributed by atoms with Crippen LogP contribution in [0.2, 0.25) is 0 Å². The zero-order valence-electron chi connectivity index (χ0n) is 7.73. The highest BCUT2D eigenvalue weighted by molar-refractivity contribution is 8.00. The first-order valence-electron chi connectivity index (χ1n) is 4.03. The molecule has 0 atom stereocenters. The second-order valence-electron chi connectivity index (χ2n) is 2.77. The van der Waals surface area contributed by atoms with Gasteiger partial charge in [0.15, 0.2) is 9.84 Å². The molecule has 5 heteroatoms. The molecule has 0 aliphatic rings. The van der Waals surface area contributed by atoms with Gasteiger partial charge in [-0.25, -0.2) is 12.8 Å². The molecule has 0 amide bonds. The van der Waals surface area contributed by atoms with Crippen LogP contribution in [0.5, 0.6) is 0 Å². The minimum Gasteiger partial charge on any atom is -0.224 e. The molecule has 0 fully saturated rings. The Balaban J connectivity index is 2.93. The van der Waals surface area contributed by atoms with Crippen LogP contribution >= 0.6 is 11.8 Å². The summed E-state index contributed by atoms with van der Waals surface area (Å²) in [6.45, 7) is 0. The van der Waals surface area contributed by atoms with Crippen LogP contribution in [0.1, 0.15) is 0 Å². The zero-order valence-corrected chi connectivity index (χ0v) is 9.37. The Morgan fingerprint density at radius 1 is 1.43 bits per heavy atom. The summed E-state index contributed by atoms with van der Waals surface area (Å²) in [5.74, 6) is 0.0615. The molecule has 0 saturated carbocycles. The number of sulfone groups is 1. The van der Waals surface area contributed by atoms with Crippen molar-refractivity contribution in [1.29, 1.82) is 0 Å². The molecule has 0 aliphatic heterocycles. The molecule has 1 aromatic rings. The Bertz CT molecular complexity index is 401. The molecule has 0 bridgehead atoms. The third kappa shape index (κ3) is 2.99. The van der Waals surface area contributed by atoms with E-state index in [9.17, 15) is 12.8 Å². The molecular weight excluding hydrogens is 223 g/mol. The first-order valence-corrected chi connectivity index (χ1v) is 7.08. The van der Waals surface area contributed by atoms with E-state index >= 15 is 0 Å². The lowest BCUT2D eigenvalue weighted by Crippen LogP contribution is -2.08. The van der Waals surface area contributed by atoms with Gasteiger partial charge in [-0.3, -0.25) is 0 Å². The third-order valence-corrected chi connectivity index (χ3v) is 4.30. The summed E-state index contributed by atoms with van der Waals surface area (Å²) in [6.07, 6.45) is 1.83. The Morgan fingerprint density at radius 2 is 2.14 bits per heavy atom. The topological polar surface area (TPSA) is 34.1 Å². The maximum absolute atomic E-state index is 12.8. The van der Waals surface area contributed by atoms with Crippen LogP contribution < -0.4 is 0 Å². The predicted molar refractivity (Wildman–Crippen MR) is 56.8 cm³/mol. The highest BCUT2D eigenvalue weighted by atomic mass is 32.2. The Kier molecular flexibility index (Phi) is 3.95. The van der Waals surface area contributed by atoms with E-state index in [0.29, 0.717) is 5.75 Å². The Labute approximate surface area is 87.4 Å². The van der Waals surface area contributed by atoms with Crippen molar-refractivity contribution in [3.63, 3.8) is 0 Å². The van der Waals surface area contributed by atoms with Crippen LogP contribution in [-0.4, -0.2) is 26.2 Å². The molecule has 0 saturated heterocycles. The molecule has 0 N–H and O–H groups in total. The van der Waals surface area contributed by atoms with Crippen molar-refractivity contribution in [2.24, 2.45) is 0 Å². The molecule has 0 unspecified atom stereocenters. The maximum atomic E-state index is 12.8. The van der Waals surface area contributed by atoms with E-state index in [1.807, 2.05) is 6.26 Å². The lowest BCUT2D eigenvalue weighted by Gasteiger charge is -2.02. The van der Waals surface area contributed by atoms with Gasteiger partial charge < -0.3 is 0 Å². The number of benzene rings is 1. The average Bonchev–Trinajstić information content (AvgIpc) is 2.15. The zero-order chi connectivity index (χ0) is 10.6. The number of rotatable bonds is 4. The van der Waals surface area contributed by atoms with Crippen LogP contribution in [0.3, 0.4) is 0 Å². The van der Waals surface area contributed by atoms with E-state index in [0.717, 1.165) is 6.07 Å². The summed E-state index contributed by atoms with van der Waals surface area (Å²) in [5.41, 5.74) is 0. The van der Waals surface area contributed by atoms with Crippen molar-refractivity contribution in [3.05, 3.63) is 30.1 Å². The van der Waals surface area contributed by atoms with Crippen molar-refractivity contribution in [3.8, 4) is 0 Å². The van der Waals surface area contributed by atoms with Gasteiger partial charge in [-0.1, -0.05) is 6.07 Å². The largest absolute Gasteiger partial charge is 0.224 e. The van der Waals surface area contributed by atoms with Crippen molar-refractivity contribution >= 4 is 21.6 Å². The lowest BCUT2D eigenvalue weighted by molar-refractivity contribution is 0.592. The first-order chi connectivity index (χ1) is 6.56. The molecule has 14 heavy (non-hydrogen) atoms. The van der Waals surface area contributed by atoms with Crippen molar-refractivity contribution in [2.75, 3.05) is 17.8 Å². The Hall–Kier alpha value is -0.550. The van der Waals surface area contributed by atoms with Gasteiger partial charge in [0, 0.05) is 5.75 Å². The SMILES string of the molecule is CSCCS(=O)(=O)c1cccc(F)c1. The van der Waals surface area contributed by atoms with E-state index in [1.54, 1.807) is 0 Å². The minimum atomic E-state index is -3.31. The normalized spacial score (nSPS) is 11.6. The summed E-state index contributed by atoms with van der Waals surface area (Å²) in [5, 5.41) is 0. The van der Waals surface area contributed by atoms with Gasteiger partial charge in [-0.15, -0.1) is 0 Å². The van der Waals surface area contributed by atoms with Crippen LogP contribution in [0.25, 0.3) is 0 Å². The van der Waals surface area contributed by atoms with Crippen LogP contribution in [-0.2, 0) is 9.84 Å². The standard InChI is InChI=1S/C9H11FO2S2/c1-13-5-6-14(11,12)9-4-2-3-8(10)7-9/h2-4,7H,5-6H2,1H3. The van der Waals surface area contributed by atoms with Gasteiger partial charge in [-0.2, -0.15) is 11.8 Å². The third-order valence-electron chi connectivity index (χ3n) is 1.71. The fraction of sp³-hybridized carbons (Fsp3) is 0.333. The first kappa shape index (κ1) is 11.5. The van der Waals surface area contributed by atoms with E-state index < -0.39 is 15.7 Å². The number of thioether (sulfide) groups is 1. The summed E-state index contributed by atoms with van der Waals surface area (Å²) in [4.78, 5) is 0.0616. The quantitative estimate of drug-likeness (QED) is 0.798. The van der Waals surface area contributed by atoms with Gasteiger partial charge in [0.2, 0.25) is 0 Å². The van der Waals surface area contributed by atoms with E-state index in [4.69, 9.17) is 0 Å². The summed E-state index contributed by atoms with van der Waals surface area (Å²) >= 11 is 1.45. The van der Waals surface area contributed by atoms with Gasteiger partial charge >= 0.3 is 0 Å². The molecule has 1 aromatic carbocycles. The van der Waals surface area contributed by atoms with Gasteiger partial charge in [0.25, 0.3) is 0 Å². The van der Waals surface area contributed by atoms with Gasteiger partial charge in [0.1, 0.15) is 5.82 Å². The lowest BCUT2D eigenvalue weighted by atomic mass is 10.4. The molecule has 0 heterocycles. The van der Waals surface area contributed by atoms with E-state index in [2.05, 4.69) is 0 Å². The fourth-order valence-corrected chi connectivity index (χ4v) is 3.33. The number of hydrogen-bond donors (Lipinski definition) is 0. The van der Waals surface area contributed by atoms with Gasteiger partial charge in [-0.05, 0) is 24.5 Å². The second-order valence-corrected chi connectivity index (χ2v) is 5.86. The van der Waals surface area contributed by atoms with Gasteiger partial charge in [0.05, 0.1) is 10.6 Å². The summed E-state index contributed by atoms with van der Waals surface area (Å²) < 4.78 is 35.9. The van der Waals surface area contributed by atoms with Crippen molar-refractivity contribution in [1.82, 2.24) is 0 Å². The average molecular weight is 234 g/mol.